The van der Waals surface area contributed by atoms with Crippen molar-refractivity contribution in [2.45, 2.75) is 13.8 Å². The van der Waals surface area contributed by atoms with Crippen LogP contribution in [-0.4, -0.2) is 10.9 Å². The molecule has 16 heavy (non-hydrogen) atoms. The van der Waals surface area contributed by atoms with E-state index in [4.69, 9.17) is 0 Å². The first-order valence-electron chi connectivity index (χ1n) is 4.97. The maximum Gasteiger partial charge on any atom is 0.275 e. The maximum absolute atomic E-state index is 11.9. The summed E-state index contributed by atoms with van der Waals surface area (Å²) >= 11 is 1.54. The summed E-state index contributed by atoms with van der Waals surface area (Å²) in [6.45, 7) is 3.81. The molecule has 0 spiro atoms. The van der Waals surface area contributed by atoms with Gasteiger partial charge in [-0.3, -0.25) is 4.79 Å². The molecule has 1 aromatic heterocycles. The van der Waals surface area contributed by atoms with E-state index in [2.05, 4.69) is 10.3 Å². The number of hydrogen-bond donors (Lipinski definition) is 1. The van der Waals surface area contributed by atoms with Gasteiger partial charge in [0, 0.05) is 10.6 Å². The second-order valence-corrected chi connectivity index (χ2v) is 4.87. The molecular weight excluding hydrogens is 220 g/mol. The number of amides is 1. The first-order valence-corrected chi connectivity index (χ1v) is 5.79. The number of hydrogen-bond acceptors (Lipinski definition) is 3. The van der Waals surface area contributed by atoms with Crippen molar-refractivity contribution < 1.29 is 4.79 Å². The van der Waals surface area contributed by atoms with Crippen LogP contribution in [0.15, 0.2) is 30.3 Å². The van der Waals surface area contributed by atoms with Crippen LogP contribution in [0, 0.1) is 13.8 Å². The van der Waals surface area contributed by atoms with Crippen molar-refractivity contribution in [3.8, 4) is 0 Å². The molecule has 2 rings (SSSR count). The van der Waals surface area contributed by atoms with Gasteiger partial charge in [-0.1, -0.05) is 18.2 Å². The number of carbonyl (C=O) groups is 1. The van der Waals surface area contributed by atoms with E-state index in [-0.39, 0.29) is 5.91 Å². The summed E-state index contributed by atoms with van der Waals surface area (Å²) in [6.07, 6.45) is 0. The van der Waals surface area contributed by atoms with E-state index in [0.29, 0.717) is 5.69 Å². The summed E-state index contributed by atoms with van der Waals surface area (Å²) in [4.78, 5) is 17.0. The molecule has 0 aliphatic carbocycles. The molecule has 0 aliphatic heterocycles. The van der Waals surface area contributed by atoms with Gasteiger partial charge in [-0.2, -0.15) is 0 Å². The number of aryl methyl sites for hydroxylation is 2. The van der Waals surface area contributed by atoms with E-state index in [1.807, 2.05) is 44.2 Å². The summed E-state index contributed by atoms with van der Waals surface area (Å²) in [5, 5.41) is 3.73. The molecule has 82 valence electrons. The number of carbonyl (C=O) groups excluding carboxylic acids is 1. The summed E-state index contributed by atoms with van der Waals surface area (Å²) in [5.41, 5.74) is 1.31. The largest absolute Gasteiger partial charge is 0.321 e. The van der Waals surface area contributed by atoms with Gasteiger partial charge in [0.2, 0.25) is 0 Å². The zero-order chi connectivity index (χ0) is 11.5. The second-order valence-electron chi connectivity index (χ2n) is 3.46. The number of nitrogens with zero attached hydrogens (tertiary/aromatic N) is 1. The fourth-order valence-electron chi connectivity index (χ4n) is 1.45. The van der Waals surface area contributed by atoms with Gasteiger partial charge in [-0.15, -0.1) is 11.3 Å². The first-order chi connectivity index (χ1) is 7.66. The Labute approximate surface area is 98.2 Å². The molecule has 1 N–H and O–H groups in total. The van der Waals surface area contributed by atoms with Gasteiger partial charge in [0.15, 0.2) is 0 Å². The summed E-state index contributed by atoms with van der Waals surface area (Å²) in [7, 11) is 0. The fraction of sp³-hybridized carbons (Fsp3) is 0.167. The van der Waals surface area contributed by atoms with E-state index in [9.17, 15) is 4.79 Å². The lowest BCUT2D eigenvalue weighted by molar-refractivity contribution is 0.102. The van der Waals surface area contributed by atoms with Crippen molar-refractivity contribution in [3.63, 3.8) is 0 Å². The molecule has 4 heteroatoms. The average Bonchev–Trinajstić information content (AvgIpc) is 2.59. The molecule has 1 heterocycles. The first kappa shape index (κ1) is 10.8. The molecule has 0 saturated heterocycles. The van der Waals surface area contributed by atoms with Crippen LogP contribution >= 0.6 is 11.3 Å². The highest BCUT2D eigenvalue weighted by molar-refractivity contribution is 7.11. The topological polar surface area (TPSA) is 42.0 Å². The maximum atomic E-state index is 11.9. The van der Waals surface area contributed by atoms with Crippen molar-refractivity contribution in [1.82, 2.24) is 4.98 Å². The number of nitrogens with one attached hydrogen (secondary N) is 1. The monoisotopic (exact) mass is 232 g/mol. The van der Waals surface area contributed by atoms with E-state index in [1.54, 1.807) is 0 Å². The van der Waals surface area contributed by atoms with E-state index < -0.39 is 0 Å². The van der Waals surface area contributed by atoms with Crippen molar-refractivity contribution in [1.29, 1.82) is 0 Å². The van der Waals surface area contributed by atoms with Crippen molar-refractivity contribution in [3.05, 3.63) is 45.9 Å². The summed E-state index contributed by atoms with van der Waals surface area (Å²) in [5.74, 6) is -0.145. The lowest BCUT2D eigenvalue weighted by Crippen LogP contribution is -2.13. The normalized spacial score (nSPS) is 10.1. The molecule has 0 unspecified atom stereocenters. The Balaban J connectivity index is 2.18. The Morgan fingerprint density at radius 3 is 2.50 bits per heavy atom. The Kier molecular flexibility index (Phi) is 3.01. The van der Waals surface area contributed by atoms with Crippen LogP contribution in [-0.2, 0) is 0 Å². The number of thiazole rings is 1. The summed E-state index contributed by atoms with van der Waals surface area (Å²) < 4.78 is 0. The van der Waals surface area contributed by atoms with Gasteiger partial charge in [0.25, 0.3) is 5.91 Å². The predicted molar refractivity (Wildman–Crippen MR) is 66.0 cm³/mol. The van der Waals surface area contributed by atoms with Gasteiger partial charge < -0.3 is 5.32 Å². The molecular formula is C12H12N2OS. The second kappa shape index (κ2) is 4.45. The third-order valence-electron chi connectivity index (χ3n) is 2.15. The van der Waals surface area contributed by atoms with E-state index in [0.717, 1.165) is 15.6 Å². The Bertz CT molecular complexity index is 505. The third-order valence-corrected chi connectivity index (χ3v) is 3.04. The van der Waals surface area contributed by atoms with Crippen LogP contribution in [0.3, 0.4) is 0 Å². The molecule has 3 nitrogen and oxygen atoms in total. The Hall–Kier alpha value is -1.68. The van der Waals surface area contributed by atoms with Crippen molar-refractivity contribution in [2.24, 2.45) is 0 Å². The standard InChI is InChI=1S/C12H12N2OS/c1-8-11(13-9(2)16-8)12(15)14-10-6-4-3-5-7-10/h3-7H,1-2H3,(H,14,15). The van der Waals surface area contributed by atoms with Crippen molar-refractivity contribution >= 4 is 22.9 Å². The van der Waals surface area contributed by atoms with Crippen LogP contribution in [0.1, 0.15) is 20.4 Å². The highest BCUT2D eigenvalue weighted by Gasteiger charge is 2.13. The Morgan fingerprint density at radius 2 is 1.94 bits per heavy atom. The van der Waals surface area contributed by atoms with E-state index in [1.165, 1.54) is 11.3 Å². The summed E-state index contributed by atoms with van der Waals surface area (Å²) in [6, 6.07) is 9.39. The van der Waals surface area contributed by atoms with Gasteiger partial charge in [0.05, 0.1) is 5.01 Å². The zero-order valence-corrected chi connectivity index (χ0v) is 9.97. The molecule has 1 amide bonds. The van der Waals surface area contributed by atoms with Gasteiger partial charge in [-0.05, 0) is 26.0 Å². The minimum atomic E-state index is -0.145. The van der Waals surface area contributed by atoms with Crippen LogP contribution in [0.2, 0.25) is 0 Å². The lowest BCUT2D eigenvalue weighted by atomic mass is 10.3. The Morgan fingerprint density at radius 1 is 1.25 bits per heavy atom. The smallest absolute Gasteiger partial charge is 0.275 e. The molecule has 0 bridgehead atoms. The van der Waals surface area contributed by atoms with Crippen LogP contribution < -0.4 is 5.32 Å². The minimum Gasteiger partial charge on any atom is -0.321 e. The SMILES string of the molecule is Cc1nc(C(=O)Nc2ccccc2)c(C)s1. The molecule has 0 saturated carbocycles. The molecule has 1 aromatic carbocycles. The molecule has 0 radical (unpaired) electrons. The van der Waals surface area contributed by atoms with Crippen molar-refractivity contribution in [2.75, 3.05) is 5.32 Å². The number of rotatable bonds is 2. The number of anilines is 1. The number of benzene rings is 1. The van der Waals surface area contributed by atoms with Crippen LogP contribution in [0.25, 0.3) is 0 Å². The minimum absolute atomic E-state index is 0.145. The highest BCUT2D eigenvalue weighted by atomic mass is 32.1. The van der Waals surface area contributed by atoms with E-state index >= 15 is 0 Å². The lowest BCUT2D eigenvalue weighted by Gasteiger charge is -2.02. The quantitative estimate of drug-likeness (QED) is 0.864. The van der Waals surface area contributed by atoms with Gasteiger partial charge >= 0.3 is 0 Å². The molecule has 0 atom stereocenters. The van der Waals surface area contributed by atoms with Gasteiger partial charge in [0.1, 0.15) is 5.69 Å². The molecule has 2 aromatic rings. The number of aromatic nitrogens is 1. The molecule has 0 aliphatic rings. The zero-order valence-electron chi connectivity index (χ0n) is 9.15. The fourth-order valence-corrected chi connectivity index (χ4v) is 2.27. The van der Waals surface area contributed by atoms with Gasteiger partial charge in [-0.25, -0.2) is 4.98 Å². The van der Waals surface area contributed by atoms with Crippen LogP contribution in [0.5, 0.6) is 0 Å². The average molecular weight is 232 g/mol. The predicted octanol–water partition coefficient (Wildman–Crippen LogP) is 3.01. The highest BCUT2D eigenvalue weighted by Crippen LogP contribution is 2.17. The number of para-hydroxylation sites is 1. The third kappa shape index (κ3) is 2.28. The molecule has 0 fully saturated rings. The van der Waals surface area contributed by atoms with Crippen LogP contribution in [0.4, 0.5) is 5.69 Å².